The van der Waals surface area contributed by atoms with E-state index in [0.29, 0.717) is 26.9 Å². The van der Waals surface area contributed by atoms with Gasteiger partial charge in [0.05, 0.1) is 27.5 Å². The van der Waals surface area contributed by atoms with Crippen molar-refractivity contribution in [1.82, 2.24) is 19.5 Å². The minimum Gasteiger partial charge on any atom is -0.309 e. The second-order valence-corrected chi connectivity index (χ2v) is 12.6. The molecule has 0 saturated heterocycles. The predicted molar refractivity (Wildman–Crippen MR) is 209 cm³/mol. The van der Waals surface area contributed by atoms with Gasteiger partial charge in [0.2, 0.25) is 0 Å². The molecule has 0 unspecified atom stereocenters. The van der Waals surface area contributed by atoms with E-state index in [1.807, 2.05) is 60.7 Å². The lowest BCUT2D eigenvalue weighted by atomic mass is 10.0. The molecule has 0 amide bonds. The SMILES string of the molecule is [2H]c1cc2c(c([2H])c1[2H])c1c([2H])c([2H])c([2H])c([2H])c1n2-c1cc(-c2nc(-c3ccccc3)nc(-c3c([2H])c([2H])c([2H])c([2H])c3[2H])n2)c2sc3c(-c4ccccc4)cccc3c2c1. The van der Waals surface area contributed by atoms with Gasteiger partial charge in [-0.3, -0.25) is 0 Å². The van der Waals surface area contributed by atoms with Crippen LogP contribution >= 0.6 is 11.3 Å². The zero-order valence-corrected chi connectivity index (χ0v) is 26.8. The summed E-state index contributed by atoms with van der Waals surface area (Å²) in [6.07, 6.45) is 0. The highest BCUT2D eigenvalue weighted by Gasteiger charge is 2.21. The van der Waals surface area contributed by atoms with E-state index in [4.69, 9.17) is 30.0 Å². The smallest absolute Gasteiger partial charge is 0.165 e. The monoisotopic (exact) mass is 668 g/mol. The number of fused-ring (bicyclic) bond motifs is 6. The highest BCUT2D eigenvalue weighted by Crippen LogP contribution is 2.45. The Labute approximate surface area is 309 Å². The molecule has 0 spiro atoms. The fourth-order valence-electron chi connectivity index (χ4n) is 6.46. The molecule has 3 heterocycles. The molecule has 0 atom stereocenters. The molecule has 234 valence electrons. The highest BCUT2D eigenvalue weighted by atomic mass is 32.1. The Hall–Kier alpha value is -6.43. The predicted octanol–water partition coefficient (Wildman–Crippen LogP) is 12.0. The molecule has 0 aliphatic carbocycles. The molecule has 0 saturated carbocycles. The van der Waals surface area contributed by atoms with Crippen molar-refractivity contribution < 1.29 is 16.4 Å². The van der Waals surface area contributed by atoms with Crippen LogP contribution in [0, 0.1) is 0 Å². The van der Waals surface area contributed by atoms with E-state index >= 15 is 0 Å². The van der Waals surface area contributed by atoms with Crippen molar-refractivity contribution in [3.8, 4) is 51.0 Å². The van der Waals surface area contributed by atoms with Crippen LogP contribution in [0.3, 0.4) is 0 Å². The Bertz CT molecular complexity index is 3530. The van der Waals surface area contributed by atoms with Crippen LogP contribution in [0.4, 0.5) is 0 Å². The maximum Gasteiger partial charge on any atom is 0.165 e. The second-order valence-electron chi connectivity index (χ2n) is 11.6. The van der Waals surface area contributed by atoms with Gasteiger partial charge in [-0.1, -0.05) is 145 Å². The number of para-hydroxylation sites is 2. The second kappa shape index (κ2) is 11.6. The summed E-state index contributed by atoms with van der Waals surface area (Å²) in [4.78, 5) is 14.6. The Morgan fingerprint density at radius 3 is 1.88 bits per heavy atom. The van der Waals surface area contributed by atoms with Gasteiger partial charge >= 0.3 is 0 Å². The average Bonchev–Trinajstić information content (AvgIpc) is 3.84. The van der Waals surface area contributed by atoms with Crippen LogP contribution in [0.5, 0.6) is 0 Å². The lowest BCUT2D eigenvalue weighted by molar-refractivity contribution is 1.07. The van der Waals surface area contributed by atoms with Gasteiger partial charge in [-0.2, -0.15) is 0 Å². The van der Waals surface area contributed by atoms with Crippen LogP contribution in [0.25, 0.3) is 93.0 Å². The first kappa shape index (κ1) is 18.9. The summed E-state index contributed by atoms with van der Waals surface area (Å²) in [5.41, 5.74) is 3.31. The number of thiophene rings is 1. The standard InChI is InChI=1S/C45H28N4S/c1-4-15-29(16-5-1)33-23-14-24-36-37-27-32(49-39-25-12-10-21-34(39)35-22-11-13-26-40(35)49)28-38(42(37)50-41(33)36)45-47-43(30-17-6-2-7-18-30)46-44(48-45)31-19-8-3-9-20-31/h1-28H/i2D,6D,7D,10D,11D,12D,13D,17D,18D,21D,22D,25D. The fraction of sp³-hybridized carbons (Fsp3) is 0. The van der Waals surface area contributed by atoms with Crippen LogP contribution in [0.2, 0.25) is 0 Å². The molecule has 0 aliphatic heterocycles. The number of benzene rings is 7. The average molecular weight is 669 g/mol. The first-order valence-corrected chi connectivity index (χ1v) is 16.5. The van der Waals surface area contributed by atoms with Gasteiger partial charge in [0.15, 0.2) is 17.5 Å². The Morgan fingerprint density at radius 1 is 0.440 bits per heavy atom. The molecule has 0 bridgehead atoms. The molecule has 10 rings (SSSR count). The van der Waals surface area contributed by atoms with Gasteiger partial charge in [-0.25, -0.2) is 15.0 Å². The molecule has 0 fully saturated rings. The number of hydrogen-bond donors (Lipinski definition) is 0. The zero-order valence-electron chi connectivity index (χ0n) is 37.9. The van der Waals surface area contributed by atoms with E-state index in [2.05, 4.69) is 0 Å². The van der Waals surface area contributed by atoms with Gasteiger partial charge in [0, 0.05) is 53.3 Å². The van der Waals surface area contributed by atoms with Crippen molar-refractivity contribution in [3.63, 3.8) is 0 Å². The summed E-state index contributed by atoms with van der Waals surface area (Å²) in [5.74, 6) is 0.0784. The summed E-state index contributed by atoms with van der Waals surface area (Å²) in [6.45, 7) is 0. The summed E-state index contributed by atoms with van der Waals surface area (Å²) in [5, 5.41) is 1.68. The number of aromatic nitrogens is 4. The Kier molecular flexibility index (Phi) is 4.40. The number of hydrogen-bond acceptors (Lipinski definition) is 4. The molecule has 5 heteroatoms. The molecule has 10 aromatic rings. The summed E-state index contributed by atoms with van der Waals surface area (Å²) in [6, 6.07) is 24.3. The highest BCUT2D eigenvalue weighted by molar-refractivity contribution is 7.26. The Balaban J connectivity index is 1.39. The lowest BCUT2D eigenvalue weighted by Gasteiger charge is -2.13. The first-order chi connectivity index (χ1) is 29.8. The van der Waals surface area contributed by atoms with Gasteiger partial charge in [-0.15, -0.1) is 11.3 Å². The summed E-state index contributed by atoms with van der Waals surface area (Å²) < 4.78 is 108. The molecular formula is C45H28N4S. The maximum absolute atomic E-state index is 9.19. The van der Waals surface area contributed by atoms with E-state index in [0.717, 1.165) is 21.2 Å². The number of nitrogens with zero attached hydrogens (tertiary/aromatic N) is 4. The third-order valence-corrected chi connectivity index (χ3v) is 9.95. The van der Waals surface area contributed by atoms with Gasteiger partial charge < -0.3 is 4.57 Å². The maximum atomic E-state index is 9.19. The van der Waals surface area contributed by atoms with E-state index in [-0.39, 0.29) is 63.0 Å². The zero-order chi connectivity index (χ0) is 43.5. The van der Waals surface area contributed by atoms with Gasteiger partial charge in [0.1, 0.15) is 0 Å². The van der Waals surface area contributed by atoms with Crippen molar-refractivity contribution in [2.24, 2.45) is 0 Å². The van der Waals surface area contributed by atoms with Crippen LogP contribution in [0.1, 0.15) is 16.4 Å². The first-order valence-electron chi connectivity index (χ1n) is 21.7. The molecule has 7 aromatic carbocycles. The fourth-order valence-corrected chi connectivity index (χ4v) is 7.79. The van der Waals surface area contributed by atoms with Crippen LogP contribution < -0.4 is 0 Å². The van der Waals surface area contributed by atoms with Gasteiger partial charge in [-0.05, 0) is 35.4 Å². The van der Waals surface area contributed by atoms with E-state index in [1.54, 1.807) is 34.9 Å². The minimum atomic E-state index is -0.566. The molecule has 4 nitrogen and oxygen atoms in total. The van der Waals surface area contributed by atoms with Crippen molar-refractivity contribution >= 4 is 53.3 Å². The van der Waals surface area contributed by atoms with Gasteiger partial charge in [0.25, 0.3) is 0 Å². The molecule has 50 heavy (non-hydrogen) atoms. The molecule has 3 aromatic heterocycles. The van der Waals surface area contributed by atoms with E-state index in [9.17, 15) is 1.37 Å². The number of rotatable bonds is 5. The van der Waals surface area contributed by atoms with E-state index in [1.165, 1.54) is 17.4 Å². The van der Waals surface area contributed by atoms with Crippen molar-refractivity contribution in [2.75, 3.05) is 0 Å². The third-order valence-electron chi connectivity index (χ3n) is 8.66. The van der Waals surface area contributed by atoms with Crippen LogP contribution in [-0.4, -0.2) is 19.5 Å². The van der Waals surface area contributed by atoms with E-state index < -0.39 is 54.4 Å². The normalized spacial score (nSPS) is 15.0. The topological polar surface area (TPSA) is 43.6 Å². The molecule has 0 N–H and O–H groups in total. The quantitative estimate of drug-likeness (QED) is 0.183. The largest absolute Gasteiger partial charge is 0.309 e. The summed E-state index contributed by atoms with van der Waals surface area (Å²) >= 11 is 1.48. The Morgan fingerprint density at radius 2 is 1.08 bits per heavy atom. The van der Waals surface area contributed by atoms with Crippen molar-refractivity contribution in [2.45, 2.75) is 0 Å². The molecular weight excluding hydrogens is 629 g/mol. The molecule has 0 aliphatic rings. The minimum absolute atomic E-state index is 0.0303. The third kappa shape index (κ3) is 4.63. The molecule has 0 radical (unpaired) electrons. The van der Waals surface area contributed by atoms with Crippen molar-refractivity contribution in [3.05, 3.63) is 170 Å². The lowest BCUT2D eigenvalue weighted by Crippen LogP contribution is -2.01. The van der Waals surface area contributed by atoms with Crippen molar-refractivity contribution in [1.29, 1.82) is 0 Å². The van der Waals surface area contributed by atoms with Crippen LogP contribution in [-0.2, 0) is 0 Å². The van der Waals surface area contributed by atoms with Crippen LogP contribution in [0.15, 0.2) is 170 Å². The summed E-state index contributed by atoms with van der Waals surface area (Å²) in [7, 11) is 0.